The highest BCUT2D eigenvalue weighted by Gasteiger charge is 2.19. The van der Waals surface area contributed by atoms with Gasteiger partial charge in [0.1, 0.15) is 11.6 Å². The molecule has 0 aliphatic carbocycles. The number of hydrogen-bond donors (Lipinski definition) is 3. The van der Waals surface area contributed by atoms with Gasteiger partial charge in [0, 0.05) is 13.0 Å². The first-order valence-corrected chi connectivity index (χ1v) is 11.1. The van der Waals surface area contributed by atoms with Crippen molar-refractivity contribution in [2.75, 3.05) is 6.54 Å². The second kappa shape index (κ2) is 15.3. The number of ether oxygens (including phenoxy) is 1. The summed E-state index contributed by atoms with van der Waals surface area (Å²) < 4.78 is 5.13. The maximum absolute atomic E-state index is 12.1. The molecule has 0 spiro atoms. The molecule has 31 heavy (non-hydrogen) atoms. The molecule has 1 aromatic rings. The summed E-state index contributed by atoms with van der Waals surface area (Å²) in [7, 11) is 0. The number of nitrogens with one attached hydrogen (secondary N) is 2. The average molecular weight is 437 g/mol. The molecule has 2 amide bonds. The van der Waals surface area contributed by atoms with E-state index in [9.17, 15) is 19.5 Å². The standard InChI is InChI=1S/C22H34N2O5.C2H6/c1-16-11-13-17(14-12-16)8-7-10-19(25)24-18(20(26)27)9-5-6-15-23-21(28)29-22(2,3)4;1-2/h11-14,18H,5-10,15H2,1-4H3,(H,23,28)(H,24,25)(H,26,27);1-2H3. The zero-order valence-corrected chi connectivity index (χ0v) is 19.9. The van der Waals surface area contributed by atoms with E-state index in [0.717, 1.165) is 12.0 Å². The van der Waals surface area contributed by atoms with Crippen molar-refractivity contribution in [1.82, 2.24) is 10.6 Å². The monoisotopic (exact) mass is 436 g/mol. The lowest BCUT2D eigenvalue weighted by molar-refractivity contribution is -0.142. The number of carbonyl (C=O) groups excluding carboxylic acids is 2. The fraction of sp³-hybridized carbons (Fsp3) is 0.625. The molecular weight excluding hydrogens is 396 g/mol. The first kappa shape index (κ1) is 28.4. The van der Waals surface area contributed by atoms with Gasteiger partial charge in [-0.2, -0.15) is 0 Å². The largest absolute Gasteiger partial charge is 0.480 e. The Labute approximate surface area is 186 Å². The van der Waals surface area contributed by atoms with Crippen molar-refractivity contribution in [3.8, 4) is 0 Å². The lowest BCUT2D eigenvalue weighted by Crippen LogP contribution is -2.40. The lowest BCUT2D eigenvalue weighted by atomic mass is 10.1. The Hall–Kier alpha value is -2.57. The van der Waals surface area contributed by atoms with Crippen LogP contribution in [0.25, 0.3) is 0 Å². The fourth-order valence-electron chi connectivity index (χ4n) is 2.71. The van der Waals surface area contributed by atoms with Crippen molar-refractivity contribution in [1.29, 1.82) is 0 Å². The predicted octanol–water partition coefficient (Wildman–Crippen LogP) is 4.61. The minimum Gasteiger partial charge on any atom is -0.480 e. The number of carbonyl (C=O) groups is 3. The van der Waals surface area contributed by atoms with Crippen LogP contribution in [0.4, 0.5) is 4.79 Å². The molecular formula is C24H40N2O5. The summed E-state index contributed by atoms with van der Waals surface area (Å²) in [4.78, 5) is 35.0. The number of benzene rings is 1. The van der Waals surface area contributed by atoms with Gasteiger partial charge in [-0.05, 0) is 65.4 Å². The Kier molecular flexibility index (Phi) is 14.0. The van der Waals surface area contributed by atoms with Gasteiger partial charge in [-0.15, -0.1) is 0 Å². The first-order chi connectivity index (χ1) is 14.6. The van der Waals surface area contributed by atoms with Crippen LogP contribution in [0.5, 0.6) is 0 Å². The molecule has 0 aliphatic rings. The van der Waals surface area contributed by atoms with Gasteiger partial charge in [0.15, 0.2) is 0 Å². The summed E-state index contributed by atoms with van der Waals surface area (Å²) in [5.74, 6) is -1.30. The van der Waals surface area contributed by atoms with Gasteiger partial charge in [-0.1, -0.05) is 43.7 Å². The predicted molar refractivity (Wildman–Crippen MR) is 123 cm³/mol. The summed E-state index contributed by atoms with van der Waals surface area (Å²) >= 11 is 0. The van der Waals surface area contributed by atoms with Crippen LogP contribution in [0.3, 0.4) is 0 Å². The second-order valence-electron chi connectivity index (χ2n) is 8.22. The summed E-state index contributed by atoms with van der Waals surface area (Å²) in [6.45, 7) is 11.8. The fourth-order valence-corrected chi connectivity index (χ4v) is 2.71. The van der Waals surface area contributed by atoms with Crippen molar-refractivity contribution in [2.45, 2.75) is 91.7 Å². The van der Waals surface area contributed by atoms with Crippen LogP contribution in [0.1, 0.15) is 77.8 Å². The zero-order valence-electron chi connectivity index (χ0n) is 19.9. The van der Waals surface area contributed by atoms with E-state index in [4.69, 9.17) is 4.74 Å². The number of aliphatic carboxylic acids is 1. The van der Waals surface area contributed by atoms with Gasteiger partial charge in [0.05, 0.1) is 0 Å². The molecule has 7 nitrogen and oxygen atoms in total. The summed E-state index contributed by atoms with van der Waals surface area (Å²) in [5, 5.41) is 14.5. The van der Waals surface area contributed by atoms with E-state index in [2.05, 4.69) is 10.6 Å². The van der Waals surface area contributed by atoms with Crippen LogP contribution >= 0.6 is 0 Å². The summed E-state index contributed by atoms with van der Waals surface area (Å²) in [6.07, 6.45) is 2.73. The highest BCUT2D eigenvalue weighted by Crippen LogP contribution is 2.09. The number of aryl methyl sites for hydroxylation is 2. The SMILES string of the molecule is CC.Cc1ccc(CCCC(=O)NC(CCCCNC(=O)OC(C)(C)C)C(=O)O)cc1. The lowest BCUT2D eigenvalue weighted by Gasteiger charge is -2.19. The second-order valence-corrected chi connectivity index (χ2v) is 8.22. The molecule has 1 aromatic carbocycles. The number of alkyl carbamates (subject to hydrolysis) is 1. The highest BCUT2D eigenvalue weighted by atomic mass is 16.6. The van der Waals surface area contributed by atoms with E-state index in [1.165, 1.54) is 5.56 Å². The van der Waals surface area contributed by atoms with Gasteiger partial charge < -0.3 is 20.5 Å². The molecule has 7 heteroatoms. The minimum atomic E-state index is -1.04. The first-order valence-electron chi connectivity index (χ1n) is 11.1. The van der Waals surface area contributed by atoms with E-state index in [0.29, 0.717) is 32.2 Å². The molecule has 1 unspecified atom stereocenters. The quantitative estimate of drug-likeness (QED) is 0.440. The number of carboxylic acid groups (broad SMARTS) is 1. The molecule has 1 rings (SSSR count). The Morgan fingerprint density at radius 2 is 1.65 bits per heavy atom. The van der Waals surface area contributed by atoms with Gasteiger partial charge in [0.25, 0.3) is 0 Å². The van der Waals surface area contributed by atoms with Crippen LogP contribution in [-0.2, 0) is 20.7 Å². The molecule has 3 N–H and O–H groups in total. The van der Waals surface area contributed by atoms with Crippen molar-refractivity contribution in [2.24, 2.45) is 0 Å². The number of unbranched alkanes of at least 4 members (excludes halogenated alkanes) is 1. The Morgan fingerprint density at radius 3 is 2.19 bits per heavy atom. The summed E-state index contributed by atoms with van der Waals surface area (Å²) in [5.41, 5.74) is 1.80. The Balaban J connectivity index is 0.00000436. The van der Waals surface area contributed by atoms with E-state index in [-0.39, 0.29) is 12.3 Å². The van der Waals surface area contributed by atoms with Crippen molar-refractivity contribution in [3.63, 3.8) is 0 Å². The average Bonchev–Trinajstić information content (AvgIpc) is 2.68. The van der Waals surface area contributed by atoms with E-state index in [1.807, 2.05) is 45.0 Å². The van der Waals surface area contributed by atoms with Crippen molar-refractivity contribution < 1.29 is 24.2 Å². The molecule has 0 fully saturated rings. The topological polar surface area (TPSA) is 105 Å². The van der Waals surface area contributed by atoms with E-state index < -0.39 is 23.7 Å². The molecule has 0 bridgehead atoms. The Morgan fingerprint density at radius 1 is 1.03 bits per heavy atom. The van der Waals surface area contributed by atoms with E-state index >= 15 is 0 Å². The molecule has 0 saturated heterocycles. The number of hydrogen-bond acceptors (Lipinski definition) is 4. The number of amides is 2. The molecule has 0 aliphatic heterocycles. The molecule has 0 radical (unpaired) electrons. The molecule has 0 saturated carbocycles. The third-order valence-corrected chi connectivity index (χ3v) is 4.21. The van der Waals surface area contributed by atoms with Gasteiger partial charge in [-0.3, -0.25) is 4.79 Å². The normalized spacial score (nSPS) is 11.5. The van der Waals surface area contributed by atoms with Crippen LogP contribution < -0.4 is 10.6 Å². The molecule has 176 valence electrons. The zero-order chi connectivity index (χ0) is 23.9. The molecule has 0 heterocycles. The van der Waals surface area contributed by atoms with Crippen LogP contribution in [-0.4, -0.2) is 41.3 Å². The van der Waals surface area contributed by atoms with E-state index in [1.54, 1.807) is 20.8 Å². The Bertz CT molecular complexity index is 666. The van der Waals surface area contributed by atoms with Crippen LogP contribution in [0.15, 0.2) is 24.3 Å². The van der Waals surface area contributed by atoms with Gasteiger partial charge in [-0.25, -0.2) is 9.59 Å². The van der Waals surface area contributed by atoms with Gasteiger partial charge >= 0.3 is 12.1 Å². The van der Waals surface area contributed by atoms with Crippen molar-refractivity contribution >= 4 is 18.0 Å². The summed E-state index contributed by atoms with van der Waals surface area (Å²) in [6, 6.07) is 7.24. The third kappa shape index (κ3) is 15.0. The maximum Gasteiger partial charge on any atom is 0.407 e. The van der Waals surface area contributed by atoms with Crippen LogP contribution in [0, 0.1) is 6.92 Å². The van der Waals surface area contributed by atoms with Gasteiger partial charge in [0.2, 0.25) is 5.91 Å². The molecule has 0 aromatic heterocycles. The molecule has 1 atom stereocenters. The number of carboxylic acids is 1. The minimum absolute atomic E-state index is 0.253. The van der Waals surface area contributed by atoms with Crippen LogP contribution in [0.2, 0.25) is 0 Å². The number of rotatable bonds is 11. The smallest absolute Gasteiger partial charge is 0.407 e. The highest BCUT2D eigenvalue weighted by molar-refractivity contribution is 5.83. The maximum atomic E-state index is 12.1. The van der Waals surface area contributed by atoms with Crippen molar-refractivity contribution in [3.05, 3.63) is 35.4 Å². The third-order valence-electron chi connectivity index (χ3n) is 4.21.